The number of halogens is 1. The summed E-state index contributed by atoms with van der Waals surface area (Å²) in [5.41, 5.74) is 6.99. The Morgan fingerprint density at radius 1 is 1.33 bits per heavy atom. The van der Waals surface area contributed by atoms with Gasteiger partial charge in [0.25, 0.3) is 0 Å². The second-order valence-corrected chi connectivity index (χ2v) is 5.63. The van der Waals surface area contributed by atoms with Crippen LogP contribution < -0.4 is 15.2 Å². The highest BCUT2D eigenvalue weighted by atomic mass is 79.9. The first-order chi connectivity index (χ1) is 8.34. The molecule has 5 heteroatoms. The maximum Gasteiger partial charge on any atom is 0.171 e. The van der Waals surface area contributed by atoms with Crippen molar-refractivity contribution in [2.45, 2.75) is 25.8 Å². The Morgan fingerprint density at radius 3 is 2.28 bits per heavy atom. The minimum absolute atomic E-state index is 0.385. The first-order valence-electron chi connectivity index (χ1n) is 5.51. The van der Waals surface area contributed by atoms with Gasteiger partial charge in [-0.3, -0.25) is 4.79 Å². The van der Waals surface area contributed by atoms with E-state index in [9.17, 15) is 4.79 Å². The van der Waals surface area contributed by atoms with E-state index in [-0.39, 0.29) is 5.54 Å². The molecule has 0 fully saturated rings. The molecule has 0 unspecified atom stereocenters. The summed E-state index contributed by atoms with van der Waals surface area (Å²) < 4.78 is 11.4. The average Bonchev–Trinajstić information content (AvgIpc) is 2.29. The fourth-order valence-electron chi connectivity index (χ4n) is 1.80. The summed E-state index contributed by atoms with van der Waals surface area (Å²) in [4.78, 5) is 11.0. The lowest BCUT2D eigenvalue weighted by atomic mass is 9.94. The standard InChI is InChI=1S/C13H18BrNO3/c1-13(2,15)6-9-10(14)5-8(7-16)11(17-3)12(9)18-4/h5,7H,6,15H2,1-4H3. The second kappa shape index (κ2) is 5.71. The van der Waals surface area contributed by atoms with Crippen LogP contribution in [0.3, 0.4) is 0 Å². The van der Waals surface area contributed by atoms with Gasteiger partial charge >= 0.3 is 0 Å². The molecule has 2 N–H and O–H groups in total. The monoisotopic (exact) mass is 315 g/mol. The number of hydrogen-bond donors (Lipinski definition) is 1. The molecule has 0 aromatic heterocycles. The number of benzene rings is 1. The molecule has 100 valence electrons. The van der Waals surface area contributed by atoms with E-state index in [1.807, 2.05) is 13.8 Å². The van der Waals surface area contributed by atoms with Crippen molar-refractivity contribution in [1.29, 1.82) is 0 Å². The van der Waals surface area contributed by atoms with Crippen molar-refractivity contribution >= 4 is 22.2 Å². The third-order valence-corrected chi connectivity index (χ3v) is 3.19. The normalized spacial score (nSPS) is 11.2. The summed E-state index contributed by atoms with van der Waals surface area (Å²) in [5.74, 6) is 0.988. The topological polar surface area (TPSA) is 61.5 Å². The molecule has 0 aliphatic rings. The van der Waals surface area contributed by atoms with Crippen molar-refractivity contribution in [2.24, 2.45) is 5.73 Å². The molecule has 0 amide bonds. The molecular formula is C13H18BrNO3. The summed E-state index contributed by atoms with van der Waals surface area (Å²) in [6.07, 6.45) is 1.34. The number of aldehydes is 1. The number of nitrogens with two attached hydrogens (primary N) is 1. The molecule has 4 nitrogen and oxygen atoms in total. The van der Waals surface area contributed by atoms with Gasteiger partial charge in [-0.15, -0.1) is 0 Å². The molecule has 0 heterocycles. The third kappa shape index (κ3) is 3.23. The second-order valence-electron chi connectivity index (χ2n) is 4.78. The van der Waals surface area contributed by atoms with Gasteiger partial charge in [-0.25, -0.2) is 0 Å². The lowest BCUT2D eigenvalue weighted by Crippen LogP contribution is -2.34. The van der Waals surface area contributed by atoms with Crippen molar-refractivity contribution in [2.75, 3.05) is 14.2 Å². The van der Waals surface area contributed by atoms with E-state index >= 15 is 0 Å². The number of carbonyl (C=O) groups excluding carboxylic acids is 1. The van der Waals surface area contributed by atoms with E-state index in [4.69, 9.17) is 15.2 Å². The zero-order valence-corrected chi connectivity index (χ0v) is 12.6. The number of methoxy groups -OCH3 is 2. The third-order valence-electron chi connectivity index (χ3n) is 2.48. The summed E-state index contributed by atoms with van der Waals surface area (Å²) >= 11 is 3.45. The van der Waals surface area contributed by atoms with Crippen LogP contribution in [0.2, 0.25) is 0 Å². The fourth-order valence-corrected chi connectivity index (χ4v) is 2.37. The van der Waals surface area contributed by atoms with Gasteiger partial charge in [-0.2, -0.15) is 0 Å². The molecule has 0 saturated heterocycles. The van der Waals surface area contributed by atoms with Crippen LogP contribution in [0.1, 0.15) is 29.8 Å². The van der Waals surface area contributed by atoms with E-state index in [0.29, 0.717) is 23.5 Å². The summed E-state index contributed by atoms with van der Waals surface area (Å²) in [7, 11) is 3.06. The zero-order valence-electron chi connectivity index (χ0n) is 11.0. The Morgan fingerprint density at radius 2 is 1.89 bits per heavy atom. The Kier molecular flexibility index (Phi) is 4.76. The van der Waals surface area contributed by atoms with E-state index < -0.39 is 0 Å². The minimum Gasteiger partial charge on any atom is -0.493 e. The Balaban J connectivity index is 3.46. The van der Waals surface area contributed by atoms with Crippen LogP contribution >= 0.6 is 15.9 Å². The van der Waals surface area contributed by atoms with Crippen LogP contribution in [0.25, 0.3) is 0 Å². The van der Waals surface area contributed by atoms with Gasteiger partial charge in [0.15, 0.2) is 17.8 Å². The smallest absolute Gasteiger partial charge is 0.171 e. The highest BCUT2D eigenvalue weighted by Gasteiger charge is 2.23. The van der Waals surface area contributed by atoms with Crippen molar-refractivity contribution in [3.63, 3.8) is 0 Å². The van der Waals surface area contributed by atoms with E-state index in [1.165, 1.54) is 7.11 Å². The molecule has 0 radical (unpaired) electrons. The van der Waals surface area contributed by atoms with Crippen LogP contribution in [0, 0.1) is 0 Å². The molecule has 0 spiro atoms. The molecule has 0 aliphatic carbocycles. The van der Waals surface area contributed by atoms with Gasteiger partial charge in [0.2, 0.25) is 0 Å². The summed E-state index contributed by atoms with van der Waals surface area (Å²) in [6, 6.07) is 1.72. The van der Waals surface area contributed by atoms with Crippen LogP contribution in [0.15, 0.2) is 10.5 Å². The number of hydrogen-bond acceptors (Lipinski definition) is 4. The predicted octanol–water partition coefficient (Wildman–Crippen LogP) is 2.56. The molecule has 0 bridgehead atoms. The lowest BCUT2D eigenvalue weighted by Gasteiger charge is -2.23. The molecular weight excluding hydrogens is 298 g/mol. The molecule has 1 aromatic carbocycles. The Bertz CT molecular complexity index is 453. The van der Waals surface area contributed by atoms with Gasteiger partial charge in [0.05, 0.1) is 19.8 Å². The van der Waals surface area contributed by atoms with Crippen molar-refractivity contribution in [3.8, 4) is 11.5 Å². The summed E-state index contributed by atoms with van der Waals surface area (Å²) in [5, 5.41) is 0. The van der Waals surface area contributed by atoms with Crippen LogP contribution in [0.4, 0.5) is 0 Å². The highest BCUT2D eigenvalue weighted by molar-refractivity contribution is 9.10. The first kappa shape index (κ1) is 15.0. The predicted molar refractivity (Wildman–Crippen MR) is 74.6 cm³/mol. The molecule has 0 saturated carbocycles. The van der Waals surface area contributed by atoms with Crippen LogP contribution in [-0.4, -0.2) is 26.0 Å². The first-order valence-corrected chi connectivity index (χ1v) is 6.30. The minimum atomic E-state index is -0.385. The average molecular weight is 316 g/mol. The SMILES string of the molecule is COc1c(C=O)cc(Br)c(CC(C)(C)N)c1OC. The molecule has 0 aliphatic heterocycles. The van der Waals surface area contributed by atoms with Crippen molar-refractivity contribution in [3.05, 3.63) is 21.7 Å². The number of carbonyl (C=O) groups is 1. The quantitative estimate of drug-likeness (QED) is 0.848. The van der Waals surface area contributed by atoms with Gasteiger partial charge in [-0.1, -0.05) is 15.9 Å². The Labute approximate surface area is 116 Å². The maximum atomic E-state index is 11.0. The molecule has 0 atom stereocenters. The van der Waals surface area contributed by atoms with E-state index in [1.54, 1.807) is 13.2 Å². The van der Waals surface area contributed by atoms with Crippen LogP contribution in [-0.2, 0) is 6.42 Å². The Hall–Kier alpha value is -1.07. The fraction of sp³-hybridized carbons (Fsp3) is 0.462. The summed E-state index contributed by atoms with van der Waals surface area (Å²) in [6.45, 7) is 3.86. The van der Waals surface area contributed by atoms with Gasteiger partial charge in [-0.05, 0) is 26.3 Å². The van der Waals surface area contributed by atoms with Crippen molar-refractivity contribution < 1.29 is 14.3 Å². The lowest BCUT2D eigenvalue weighted by molar-refractivity contribution is 0.112. The van der Waals surface area contributed by atoms with Crippen LogP contribution in [0.5, 0.6) is 11.5 Å². The van der Waals surface area contributed by atoms with Gasteiger partial charge in [0, 0.05) is 15.6 Å². The van der Waals surface area contributed by atoms with Gasteiger partial charge < -0.3 is 15.2 Å². The molecule has 1 rings (SSSR count). The highest BCUT2D eigenvalue weighted by Crippen LogP contribution is 2.40. The van der Waals surface area contributed by atoms with Gasteiger partial charge in [0.1, 0.15) is 0 Å². The van der Waals surface area contributed by atoms with Crippen molar-refractivity contribution in [1.82, 2.24) is 0 Å². The maximum absolute atomic E-state index is 11.0. The van der Waals surface area contributed by atoms with E-state index in [2.05, 4.69) is 15.9 Å². The molecule has 18 heavy (non-hydrogen) atoms. The van der Waals surface area contributed by atoms with E-state index in [0.717, 1.165) is 16.3 Å². The molecule has 1 aromatic rings. The number of rotatable bonds is 5. The largest absolute Gasteiger partial charge is 0.493 e. The zero-order chi connectivity index (χ0) is 13.9. The number of ether oxygens (including phenoxy) is 2.